The predicted octanol–water partition coefficient (Wildman–Crippen LogP) is 2.91. The lowest BCUT2D eigenvalue weighted by Crippen LogP contribution is -2.40. The summed E-state index contributed by atoms with van der Waals surface area (Å²) in [5, 5.41) is 4.56. The third-order valence-electron chi connectivity index (χ3n) is 4.42. The first kappa shape index (κ1) is 16.8. The first-order chi connectivity index (χ1) is 11.8. The lowest BCUT2D eigenvalue weighted by Gasteiger charge is -2.21. The van der Waals surface area contributed by atoms with E-state index in [1.165, 1.54) is 6.42 Å². The van der Waals surface area contributed by atoms with E-state index in [0.29, 0.717) is 5.92 Å². The molecule has 1 aromatic carbocycles. The molecule has 24 heavy (non-hydrogen) atoms. The van der Waals surface area contributed by atoms with Crippen molar-refractivity contribution in [3.8, 4) is 0 Å². The van der Waals surface area contributed by atoms with Crippen molar-refractivity contribution in [2.45, 2.75) is 19.8 Å². The Balaban J connectivity index is 1.59. The van der Waals surface area contributed by atoms with Crippen molar-refractivity contribution in [3.63, 3.8) is 0 Å². The first-order valence-corrected chi connectivity index (χ1v) is 8.79. The SMILES string of the molecule is CCNC(=NCCc1cc2ccccc2o1)N1CCC(COC)C1. The normalized spacial score (nSPS) is 18.5. The Morgan fingerprint density at radius 2 is 2.29 bits per heavy atom. The van der Waals surface area contributed by atoms with Crippen LogP contribution < -0.4 is 5.32 Å². The maximum absolute atomic E-state index is 5.86. The molecular weight excluding hydrogens is 302 g/mol. The van der Waals surface area contributed by atoms with E-state index in [4.69, 9.17) is 14.1 Å². The molecule has 5 nitrogen and oxygen atoms in total. The van der Waals surface area contributed by atoms with Crippen LogP contribution in [0.3, 0.4) is 0 Å². The molecule has 0 aliphatic carbocycles. The molecule has 1 unspecified atom stereocenters. The molecule has 0 spiro atoms. The van der Waals surface area contributed by atoms with Crippen molar-refractivity contribution < 1.29 is 9.15 Å². The highest BCUT2D eigenvalue weighted by atomic mass is 16.5. The largest absolute Gasteiger partial charge is 0.461 e. The number of hydrogen-bond acceptors (Lipinski definition) is 3. The molecule has 1 aliphatic heterocycles. The predicted molar refractivity (Wildman–Crippen MR) is 97.5 cm³/mol. The third kappa shape index (κ3) is 4.09. The van der Waals surface area contributed by atoms with Gasteiger partial charge in [0.2, 0.25) is 0 Å². The van der Waals surface area contributed by atoms with E-state index >= 15 is 0 Å². The molecule has 0 saturated carbocycles. The molecule has 5 heteroatoms. The summed E-state index contributed by atoms with van der Waals surface area (Å²) >= 11 is 0. The zero-order valence-electron chi connectivity index (χ0n) is 14.6. The number of rotatable bonds is 6. The van der Waals surface area contributed by atoms with Crippen molar-refractivity contribution in [1.82, 2.24) is 10.2 Å². The van der Waals surface area contributed by atoms with Gasteiger partial charge in [0.15, 0.2) is 5.96 Å². The summed E-state index contributed by atoms with van der Waals surface area (Å²) in [6.45, 7) is 6.61. The topological polar surface area (TPSA) is 50.0 Å². The number of nitrogens with one attached hydrogen (secondary N) is 1. The van der Waals surface area contributed by atoms with Crippen LogP contribution in [-0.4, -0.2) is 50.8 Å². The lowest BCUT2D eigenvalue weighted by atomic mass is 10.1. The molecule has 1 saturated heterocycles. The number of guanidine groups is 1. The van der Waals surface area contributed by atoms with Crippen molar-refractivity contribution in [3.05, 3.63) is 36.1 Å². The summed E-state index contributed by atoms with van der Waals surface area (Å²) < 4.78 is 11.1. The van der Waals surface area contributed by atoms with E-state index in [1.807, 2.05) is 18.2 Å². The Labute approximate surface area is 143 Å². The Bertz CT molecular complexity index is 647. The molecule has 2 aromatic rings. The van der Waals surface area contributed by atoms with Gasteiger partial charge in [0.1, 0.15) is 11.3 Å². The second-order valence-electron chi connectivity index (χ2n) is 6.29. The van der Waals surface area contributed by atoms with Crippen LogP contribution in [0.5, 0.6) is 0 Å². The average molecular weight is 329 g/mol. The number of nitrogens with zero attached hydrogens (tertiary/aromatic N) is 2. The molecular formula is C19H27N3O2. The highest BCUT2D eigenvalue weighted by molar-refractivity contribution is 5.80. The molecule has 0 bridgehead atoms. The molecule has 0 amide bonds. The van der Waals surface area contributed by atoms with Crippen LogP contribution in [0.1, 0.15) is 19.1 Å². The fraction of sp³-hybridized carbons (Fsp3) is 0.526. The van der Waals surface area contributed by atoms with Crippen LogP contribution in [-0.2, 0) is 11.2 Å². The number of hydrogen-bond donors (Lipinski definition) is 1. The molecule has 1 atom stereocenters. The third-order valence-corrected chi connectivity index (χ3v) is 4.42. The van der Waals surface area contributed by atoms with E-state index in [0.717, 1.165) is 61.9 Å². The highest BCUT2D eigenvalue weighted by Gasteiger charge is 2.24. The van der Waals surface area contributed by atoms with Crippen LogP contribution in [0.4, 0.5) is 0 Å². The summed E-state index contributed by atoms with van der Waals surface area (Å²) in [5.74, 6) is 2.61. The van der Waals surface area contributed by atoms with Crippen LogP contribution in [0.15, 0.2) is 39.7 Å². The van der Waals surface area contributed by atoms with Gasteiger partial charge in [0, 0.05) is 51.0 Å². The van der Waals surface area contributed by atoms with Crippen molar-refractivity contribution in [1.29, 1.82) is 0 Å². The number of methoxy groups -OCH3 is 1. The van der Waals surface area contributed by atoms with Gasteiger partial charge in [-0.1, -0.05) is 18.2 Å². The standard InChI is InChI=1S/C19H27N3O2/c1-3-20-19(22-11-9-15(13-22)14-23-2)21-10-8-17-12-16-6-4-5-7-18(16)24-17/h4-7,12,15H,3,8-11,13-14H2,1-2H3,(H,20,21). The van der Waals surface area contributed by atoms with Gasteiger partial charge in [-0.05, 0) is 25.5 Å². The first-order valence-electron chi connectivity index (χ1n) is 8.79. The van der Waals surface area contributed by atoms with Crippen LogP contribution >= 0.6 is 0 Å². The molecule has 1 aliphatic rings. The number of para-hydroxylation sites is 1. The van der Waals surface area contributed by atoms with Gasteiger partial charge in [-0.15, -0.1) is 0 Å². The second-order valence-corrected chi connectivity index (χ2v) is 6.29. The minimum atomic E-state index is 0.606. The number of fused-ring (bicyclic) bond motifs is 1. The number of aliphatic imine (C=N–C) groups is 1. The summed E-state index contributed by atoms with van der Waals surface area (Å²) in [5.41, 5.74) is 0.949. The Morgan fingerprint density at radius 1 is 1.42 bits per heavy atom. The van der Waals surface area contributed by atoms with Crippen molar-refractivity contribution in [2.24, 2.45) is 10.9 Å². The van der Waals surface area contributed by atoms with Crippen molar-refractivity contribution >= 4 is 16.9 Å². The Morgan fingerprint density at radius 3 is 3.08 bits per heavy atom. The van der Waals surface area contributed by atoms with E-state index < -0.39 is 0 Å². The van der Waals surface area contributed by atoms with E-state index in [1.54, 1.807) is 7.11 Å². The van der Waals surface area contributed by atoms with Crippen LogP contribution in [0, 0.1) is 5.92 Å². The molecule has 1 fully saturated rings. The van der Waals surface area contributed by atoms with Gasteiger partial charge in [0.05, 0.1) is 6.61 Å². The average Bonchev–Trinajstić information content (AvgIpc) is 3.20. The van der Waals surface area contributed by atoms with E-state index in [2.05, 4.69) is 29.3 Å². The molecule has 1 N–H and O–H groups in total. The van der Waals surface area contributed by atoms with Gasteiger partial charge in [0.25, 0.3) is 0 Å². The van der Waals surface area contributed by atoms with Crippen LogP contribution in [0.25, 0.3) is 11.0 Å². The number of ether oxygens (including phenoxy) is 1. The summed E-state index contributed by atoms with van der Waals surface area (Å²) in [6, 6.07) is 10.2. The molecule has 0 radical (unpaired) electrons. The fourth-order valence-corrected chi connectivity index (χ4v) is 3.25. The summed E-state index contributed by atoms with van der Waals surface area (Å²) in [6.07, 6.45) is 1.99. The molecule has 130 valence electrons. The Kier molecular flexibility index (Phi) is 5.75. The zero-order chi connectivity index (χ0) is 16.8. The summed E-state index contributed by atoms with van der Waals surface area (Å²) in [7, 11) is 1.77. The molecule has 3 rings (SSSR count). The number of benzene rings is 1. The number of furan rings is 1. The van der Waals surface area contributed by atoms with Gasteiger partial charge >= 0.3 is 0 Å². The van der Waals surface area contributed by atoms with E-state index in [-0.39, 0.29) is 0 Å². The monoisotopic (exact) mass is 329 g/mol. The van der Waals surface area contributed by atoms with Gasteiger partial charge in [-0.3, -0.25) is 4.99 Å². The number of likely N-dealkylation sites (tertiary alicyclic amines) is 1. The quantitative estimate of drug-likeness (QED) is 0.654. The highest BCUT2D eigenvalue weighted by Crippen LogP contribution is 2.19. The maximum Gasteiger partial charge on any atom is 0.193 e. The smallest absolute Gasteiger partial charge is 0.193 e. The Hall–Kier alpha value is -2.01. The fourth-order valence-electron chi connectivity index (χ4n) is 3.25. The van der Waals surface area contributed by atoms with Crippen molar-refractivity contribution in [2.75, 3.05) is 39.9 Å². The van der Waals surface area contributed by atoms with Gasteiger partial charge in [-0.25, -0.2) is 0 Å². The summed E-state index contributed by atoms with van der Waals surface area (Å²) in [4.78, 5) is 7.13. The minimum Gasteiger partial charge on any atom is -0.461 e. The maximum atomic E-state index is 5.86. The molecule has 1 aromatic heterocycles. The molecule has 2 heterocycles. The van der Waals surface area contributed by atoms with Crippen LogP contribution in [0.2, 0.25) is 0 Å². The minimum absolute atomic E-state index is 0.606. The second kappa shape index (κ2) is 8.20. The zero-order valence-corrected chi connectivity index (χ0v) is 14.6. The lowest BCUT2D eigenvalue weighted by molar-refractivity contribution is 0.157. The van der Waals surface area contributed by atoms with Gasteiger partial charge in [-0.2, -0.15) is 0 Å². The van der Waals surface area contributed by atoms with E-state index in [9.17, 15) is 0 Å². The van der Waals surface area contributed by atoms with Gasteiger partial charge < -0.3 is 19.4 Å².